The van der Waals surface area contributed by atoms with Gasteiger partial charge in [-0.15, -0.1) is 0 Å². The van der Waals surface area contributed by atoms with E-state index in [0.29, 0.717) is 17.9 Å². The summed E-state index contributed by atoms with van der Waals surface area (Å²) in [6.45, 7) is -0.125. The van der Waals surface area contributed by atoms with E-state index < -0.39 is 0 Å². The molecule has 1 aromatic carbocycles. The summed E-state index contributed by atoms with van der Waals surface area (Å²) in [5, 5.41) is 0. The van der Waals surface area contributed by atoms with E-state index in [9.17, 15) is 14.0 Å². The molecule has 1 saturated carbocycles. The zero-order valence-corrected chi connectivity index (χ0v) is 14.3. The van der Waals surface area contributed by atoms with Crippen LogP contribution >= 0.6 is 0 Å². The Morgan fingerprint density at radius 2 is 1.92 bits per heavy atom. The van der Waals surface area contributed by atoms with Crippen molar-refractivity contribution in [2.75, 3.05) is 13.7 Å². The van der Waals surface area contributed by atoms with Crippen LogP contribution in [0.15, 0.2) is 24.3 Å². The molecule has 1 aromatic rings. The lowest BCUT2D eigenvalue weighted by atomic mass is 9.86. The van der Waals surface area contributed by atoms with Crippen molar-refractivity contribution in [1.82, 2.24) is 4.90 Å². The molecule has 0 N–H and O–H groups in total. The van der Waals surface area contributed by atoms with Crippen LogP contribution in [0.25, 0.3) is 0 Å². The average Bonchev–Trinajstić information content (AvgIpc) is 2.60. The van der Waals surface area contributed by atoms with Crippen LogP contribution in [0.4, 0.5) is 4.39 Å². The van der Waals surface area contributed by atoms with Gasteiger partial charge in [0.25, 0.3) is 5.91 Å². The second-order valence-electron chi connectivity index (χ2n) is 6.54. The van der Waals surface area contributed by atoms with Crippen LogP contribution in [0.1, 0.15) is 50.5 Å². The minimum atomic E-state index is -0.346. The summed E-state index contributed by atoms with van der Waals surface area (Å²) in [5.74, 6) is -0.384. The third-order valence-corrected chi connectivity index (χ3v) is 4.63. The number of likely N-dealkylation sites (N-methyl/N-ethyl adjacent to an activating group) is 1. The number of carbonyl (C=O) groups excluding carboxylic acids is 2. The molecule has 0 atom stereocenters. The van der Waals surface area contributed by atoms with Gasteiger partial charge in [-0.25, -0.2) is 4.39 Å². The molecule has 0 saturated heterocycles. The Morgan fingerprint density at radius 1 is 1.21 bits per heavy atom. The summed E-state index contributed by atoms with van der Waals surface area (Å²) in [5.41, 5.74) is 0.442. The maximum atomic E-state index is 13.6. The van der Waals surface area contributed by atoms with E-state index in [1.807, 2.05) is 0 Å². The van der Waals surface area contributed by atoms with Gasteiger partial charge in [-0.1, -0.05) is 50.3 Å². The number of nitrogens with zero attached hydrogens (tertiary/aromatic N) is 1. The summed E-state index contributed by atoms with van der Waals surface area (Å²) in [4.78, 5) is 25.1. The van der Waals surface area contributed by atoms with Crippen molar-refractivity contribution >= 4 is 11.9 Å². The molecule has 0 spiro atoms. The zero-order chi connectivity index (χ0) is 17.4. The van der Waals surface area contributed by atoms with E-state index in [0.717, 1.165) is 6.42 Å². The molecule has 4 nitrogen and oxygen atoms in total. The number of esters is 1. The Morgan fingerprint density at radius 3 is 2.62 bits per heavy atom. The lowest BCUT2D eigenvalue weighted by Crippen LogP contribution is -2.31. The Bertz CT molecular complexity index is 555. The molecule has 132 valence electrons. The van der Waals surface area contributed by atoms with E-state index in [4.69, 9.17) is 4.74 Å². The fourth-order valence-electron chi connectivity index (χ4n) is 3.09. The normalized spacial score (nSPS) is 15.1. The molecule has 1 aliphatic carbocycles. The molecule has 0 bridgehead atoms. The number of rotatable bonds is 7. The summed E-state index contributed by atoms with van der Waals surface area (Å²) >= 11 is 0. The van der Waals surface area contributed by atoms with Crippen LogP contribution in [-0.2, 0) is 20.9 Å². The van der Waals surface area contributed by atoms with Crippen LogP contribution in [0.5, 0.6) is 0 Å². The van der Waals surface area contributed by atoms with Crippen LogP contribution < -0.4 is 0 Å². The van der Waals surface area contributed by atoms with E-state index in [1.165, 1.54) is 43.1 Å². The molecule has 0 heterocycles. The van der Waals surface area contributed by atoms with Gasteiger partial charge in [0, 0.05) is 25.6 Å². The zero-order valence-electron chi connectivity index (χ0n) is 14.3. The van der Waals surface area contributed by atoms with Gasteiger partial charge in [-0.05, 0) is 18.4 Å². The highest BCUT2D eigenvalue weighted by Crippen LogP contribution is 2.27. The van der Waals surface area contributed by atoms with Crippen molar-refractivity contribution in [3.8, 4) is 0 Å². The molecule has 1 aliphatic rings. The van der Waals surface area contributed by atoms with Gasteiger partial charge in [-0.2, -0.15) is 0 Å². The fourth-order valence-corrected chi connectivity index (χ4v) is 3.09. The van der Waals surface area contributed by atoms with E-state index in [1.54, 1.807) is 25.2 Å². The van der Waals surface area contributed by atoms with E-state index >= 15 is 0 Å². The van der Waals surface area contributed by atoms with Gasteiger partial charge < -0.3 is 9.64 Å². The highest BCUT2D eigenvalue weighted by Gasteiger charge is 2.17. The Balaban J connectivity index is 1.67. The maximum absolute atomic E-state index is 13.6. The molecule has 24 heavy (non-hydrogen) atoms. The first-order valence-corrected chi connectivity index (χ1v) is 8.69. The van der Waals surface area contributed by atoms with E-state index in [-0.39, 0.29) is 30.8 Å². The molecule has 0 unspecified atom stereocenters. The van der Waals surface area contributed by atoms with Gasteiger partial charge >= 0.3 is 5.97 Å². The third-order valence-electron chi connectivity index (χ3n) is 4.63. The minimum absolute atomic E-state index is 0.158. The summed E-state index contributed by atoms with van der Waals surface area (Å²) in [6, 6.07) is 6.32. The van der Waals surface area contributed by atoms with Crippen molar-refractivity contribution in [2.45, 2.75) is 51.5 Å². The summed E-state index contributed by atoms with van der Waals surface area (Å²) in [7, 11) is 1.57. The first kappa shape index (κ1) is 18.4. The van der Waals surface area contributed by atoms with Crippen molar-refractivity contribution in [1.29, 1.82) is 0 Å². The van der Waals surface area contributed by atoms with Crippen LogP contribution in [-0.4, -0.2) is 30.4 Å². The van der Waals surface area contributed by atoms with Gasteiger partial charge in [0.1, 0.15) is 5.82 Å². The Labute approximate surface area is 143 Å². The quantitative estimate of drug-likeness (QED) is 0.714. The van der Waals surface area contributed by atoms with Crippen LogP contribution in [0.2, 0.25) is 0 Å². The number of carbonyl (C=O) groups is 2. The highest BCUT2D eigenvalue weighted by molar-refractivity contribution is 5.80. The predicted octanol–water partition coefficient (Wildman–Crippen LogP) is 3.69. The van der Waals surface area contributed by atoms with Crippen molar-refractivity contribution in [2.24, 2.45) is 5.92 Å². The molecule has 0 aliphatic heterocycles. The predicted molar refractivity (Wildman–Crippen MR) is 89.6 cm³/mol. The van der Waals surface area contributed by atoms with Crippen LogP contribution in [0, 0.1) is 11.7 Å². The minimum Gasteiger partial charge on any atom is -0.456 e. The molecule has 1 fully saturated rings. The standard InChI is InChI=1S/C19H26FNO3/c1-21(13-16-9-5-6-10-17(16)20)18(22)14-24-19(23)12-11-15-7-3-2-4-8-15/h5-6,9-10,15H,2-4,7-8,11-14H2,1H3. The first-order chi connectivity index (χ1) is 11.6. The average molecular weight is 335 g/mol. The topological polar surface area (TPSA) is 46.6 Å². The monoisotopic (exact) mass is 335 g/mol. The molecule has 2 rings (SSSR count). The van der Waals surface area contributed by atoms with E-state index in [2.05, 4.69) is 0 Å². The van der Waals surface area contributed by atoms with Gasteiger partial charge in [0.15, 0.2) is 6.61 Å². The number of benzene rings is 1. The number of hydrogen-bond acceptors (Lipinski definition) is 3. The Hall–Kier alpha value is -1.91. The van der Waals surface area contributed by atoms with Gasteiger partial charge in [0.2, 0.25) is 0 Å². The van der Waals surface area contributed by atoms with Crippen LogP contribution in [0.3, 0.4) is 0 Å². The molecule has 0 aromatic heterocycles. The number of ether oxygens (including phenoxy) is 1. The Kier molecular flexibility index (Phi) is 7.22. The second-order valence-corrected chi connectivity index (χ2v) is 6.54. The number of amides is 1. The fraction of sp³-hybridized carbons (Fsp3) is 0.579. The largest absolute Gasteiger partial charge is 0.456 e. The maximum Gasteiger partial charge on any atom is 0.306 e. The first-order valence-electron chi connectivity index (χ1n) is 8.69. The smallest absolute Gasteiger partial charge is 0.306 e. The second kappa shape index (κ2) is 9.40. The number of halogens is 1. The molecule has 0 radical (unpaired) electrons. The van der Waals surface area contributed by atoms with Crippen molar-refractivity contribution in [3.05, 3.63) is 35.6 Å². The third kappa shape index (κ3) is 5.95. The van der Waals surface area contributed by atoms with Crippen molar-refractivity contribution < 1.29 is 18.7 Å². The van der Waals surface area contributed by atoms with Crippen molar-refractivity contribution in [3.63, 3.8) is 0 Å². The molecular formula is C19H26FNO3. The molecule has 5 heteroatoms. The number of hydrogen-bond donors (Lipinski definition) is 0. The van der Waals surface area contributed by atoms with Gasteiger partial charge in [-0.3, -0.25) is 9.59 Å². The summed E-state index contributed by atoms with van der Waals surface area (Å²) < 4.78 is 18.6. The summed E-state index contributed by atoms with van der Waals surface area (Å²) in [6.07, 6.45) is 7.39. The highest BCUT2D eigenvalue weighted by atomic mass is 19.1. The SMILES string of the molecule is CN(Cc1ccccc1F)C(=O)COC(=O)CCC1CCCCC1. The molecular weight excluding hydrogens is 309 g/mol. The molecule has 1 amide bonds. The van der Waals surface area contributed by atoms with Gasteiger partial charge in [0.05, 0.1) is 0 Å². The lowest BCUT2D eigenvalue weighted by Gasteiger charge is -2.21. The lowest BCUT2D eigenvalue weighted by molar-refractivity contribution is -0.152.